The summed E-state index contributed by atoms with van der Waals surface area (Å²) in [5, 5.41) is 0. The second kappa shape index (κ2) is 29.2. The molecule has 0 bridgehead atoms. The van der Waals surface area contributed by atoms with E-state index in [1.807, 2.05) is 0 Å². The van der Waals surface area contributed by atoms with Gasteiger partial charge in [-0.3, -0.25) is 0 Å². The van der Waals surface area contributed by atoms with Gasteiger partial charge in [0.15, 0.2) is 0 Å². The first-order valence-corrected chi connectivity index (χ1v) is 0. The van der Waals surface area contributed by atoms with Crippen molar-refractivity contribution in [1.82, 2.24) is 0 Å². The minimum absolute atomic E-state index is 0. The standard InChI is InChI=1S/4K.2Mg.8H/q4*+1;2*+2;8*-1. The number of rotatable bonds is 0. The molecular weight excluding hydrogens is 205 g/mol. The van der Waals surface area contributed by atoms with E-state index in [0.29, 0.717) is 0 Å². The molecule has 0 aliphatic rings. The van der Waals surface area contributed by atoms with Crippen LogP contribution in [0.3, 0.4) is 0 Å². The first-order chi connectivity index (χ1) is 0. The molecule has 0 spiro atoms. The number of hydrogen-bond acceptors (Lipinski definition) is 0. The van der Waals surface area contributed by atoms with Crippen LogP contribution in [0.5, 0.6) is 0 Å². The van der Waals surface area contributed by atoms with Gasteiger partial charge in [-0.1, -0.05) is 0 Å². The van der Waals surface area contributed by atoms with Crippen molar-refractivity contribution in [2.45, 2.75) is 0 Å². The van der Waals surface area contributed by atoms with E-state index >= 15 is 0 Å². The molecule has 6 heavy (non-hydrogen) atoms. The molecule has 0 rings (SSSR count). The summed E-state index contributed by atoms with van der Waals surface area (Å²) in [6.45, 7) is 0. The number of hydrogen-bond donors (Lipinski definition) is 0. The van der Waals surface area contributed by atoms with Crippen molar-refractivity contribution >= 4 is 46.1 Å². The van der Waals surface area contributed by atoms with Crippen LogP contribution in [0.25, 0.3) is 0 Å². The van der Waals surface area contributed by atoms with Crippen LogP contribution in [0.2, 0.25) is 0 Å². The van der Waals surface area contributed by atoms with E-state index in [-0.39, 0.29) is 263 Å². The molecule has 0 aliphatic heterocycles. The Hall–Kier alpha value is 8.08. The van der Waals surface area contributed by atoms with Gasteiger partial charge in [-0.15, -0.1) is 0 Å². The van der Waals surface area contributed by atoms with Crippen molar-refractivity contribution in [3.63, 3.8) is 0 Å². The van der Waals surface area contributed by atoms with Crippen molar-refractivity contribution in [1.29, 1.82) is 0 Å². The predicted octanol–water partition coefficient (Wildman–Crippen LogP) is -11.8. The van der Waals surface area contributed by atoms with Crippen LogP contribution in [0.4, 0.5) is 0 Å². The van der Waals surface area contributed by atoms with Gasteiger partial charge in [-0.05, 0) is 0 Å². The van der Waals surface area contributed by atoms with E-state index in [0.717, 1.165) is 0 Å². The van der Waals surface area contributed by atoms with Crippen molar-refractivity contribution in [2.24, 2.45) is 0 Å². The average Bonchev–Trinajstić information content (AvgIpc) is 0. The normalized spacial score (nSPS) is 0. The van der Waals surface area contributed by atoms with Crippen LogP contribution in [0.1, 0.15) is 11.4 Å². The Morgan fingerprint density at radius 1 is 0.500 bits per heavy atom. The molecule has 0 saturated heterocycles. The molecule has 0 fully saturated rings. The fourth-order valence-electron chi connectivity index (χ4n) is 0. The molecule has 6 heteroatoms. The maximum atomic E-state index is 0. The Bertz CT molecular complexity index is 19.3. The minimum atomic E-state index is 0. The van der Waals surface area contributed by atoms with Crippen LogP contribution >= 0.6 is 0 Å². The quantitative estimate of drug-likeness (QED) is 0.350. The minimum Gasteiger partial charge on any atom is -1.00 e. The van der Waals surface area contributed by atoms with E-state index in [4.69, 9.17) is 0 Å². The molecule has 0 atom stereocenters. The van der Waals surface area contributed by atoms with E-state index < -0.39 is 0 Å². The molecular formula is H8K4Mg2. The van der Waals surface area contributed by atoms with Crippen molar-refractivity contribution < 1.29 is 217 Å². The molecule has 0 aromatic heterocycles. The molecule has 0 N–H and O–H groups in total. The van der Waals surface area contributed by atoms with Gasteiger partial charge < -0.3 is 11.4 Å². The van der Waals surface area contributed by atoms with E-state index in [9.17, 15) is 0 Å². The Labute approximate surface area is 253 Å². The van der Waals surface area contributed by atoms with Gasteiger partial charge in [-0.25, -0.2) is 0 Å². The van der Waals surface area contributed by atoms with E-state index in [2.05, 4.69) is 0 Å². The van der Waals surface area contributed by atoms with Crippen molar-refractivity contribution in [3.05, 3.63) is 0 Å². The van der Waals surface area contributed by atoms with Crippen molar-refractivity contribution in [3.8, 4) is 0 Å². The van der Waals surface area contributed by atoms with Gasteiger partial charge in [-0.2, -0.15) is 0 Å². The third-order valence-electron chi connectivity index (χ3n) is 0. The van der Waals surface area contributed by atoms with E-state index in [1.165, 1.54) is 0 Å². The molecule has 0 amide bonds. The summed E-state index contributed by atoms with van der Waals surface area (Å²) in [5.41, 5.74) is 0. The Balaban J connectivity index is 0. The van der Waals surface area contributed by atoms with E-state index in [1.54, 1.807) is 0 Å². The molecule has 0 nitrogen and oxygen atoms in total. The maximum Gasteiger partial charge on any atom is 2.00 e. The summed E-state index contributed by atoms with van der Waals surface area (Å²) in [6, 6.07) is 0. The average molecular weight is 213 g/mol. The van der Waals surface area contributed by atoms with Crippen LogP contribution in [0, 0.1) is 0 Å². The zero-order valence-corrected chi connectivity index (χ0v) is 20.7. The van der Waals surface area contributed by atoms with Crippen LogP contribution in [-0.2, 0) is 0 Å². The molecule has 0 saturated carbocycles. The maximum absolute atomic E-state index is 0. The fraction of sp³-hybridized carbons (Fsp3) is 0. The van der Waals surface area contributed by atoms with Gasteiger partial charge in [0.25, 0.3) is 0 Å². The van der Waals surface area contributed by atoms with Crippen LogP contribution in [-0.4, -0.2) is 46.1 Å². The largest absolute Gasteiger partial charge is 2.00 e. The van der Waals surface area contributed by atoms with Gasteiger partial charge in [0.05, 0.1) is 0 Å². The summed E-state index contributed by atoms with van der Waals surface area (Å²) in [7, 11) is 0. The molecule has 16 valence electrons. The first-order valence-electron chi connectivity index (χ1n) is 0. The zero-order chi connectivity index (χ0) is 0. The van der Waals surface area contributed by atoms with Crippen molar-refractivity contribution in [2.75, 3.05) is 0 Å². The second-order valence-electron chi connectivity index (χ2n) is 0. The summed E-state index contributed by atoms with van der Waals surface area (Å²) in [5.74, 6) is 0. The summed E-state index contributed by atoms with van der Waals surface area (Å²) < 4.78 is 0. The first kappa shape index (κ1) is 36.9. The van der Waals surface area contributed by atoms with Gasteiger partial charge >= 0.3 is 252 Å². The SMILES string of the molecule is [H-].[H-].[H-].[H-].[H-].[H-].[H-].[H-].[K+].[K+].[K+].[K+].[Mg+2].[Mg+2]. The predicted molar refractivity (Wildman–Crippen MR) is 20.4 cm³/mol. The fourth-order valence-corrected chi connectivity index (χ4v) is 0. The summed E-state index contributed by atoms with van der Waals surface area (Å²) in [6.07, 6.45) is 0. The van der Waals surface area contributed by atoms with Gasteiger partial charge in [0.2, 0.25) is 0 Å². The Morgan fingerprint density at radius 2 is 0.500 bits per heavy atom. The third-order valence-corrected chi connectivity index (χ3v) is 0. The molecule has 0 unspecified atom stereocenters. The molecule has 0 aliphatic carbocycles. The summed E-state index contributed by atoms with van der Waals surface area (Å²) >= 11 is 0. The zero-order valence-electron chi connectivity index (χ0n) is 13.4. The molecule has 0 aromatic carbocycles. The van der Waals surface area contributed by atoms with Gasteiger partial charge in [0.1, 0.15) is 0 Å². The molecule has 0 heterocycles. The third kappa shape index (κ3) is 22.7. The topological polar surface area (TPSA) is 0 Å². The molecule has 0 aromatic rings. The molecule has 0 radical (unpaired) electrons. The monoisotopic (exact) mass is 212 g/mol. The van der Waals surface area contributed by atoms with Gasteiger partial charge in [0, 0.05) is 0 Å². The smallest absolute Gasteiger partial charge is 1.00 e. The Morgan fingerprint density at radius 3 is 0.500 bits per heavy atom. The van der Waals surface area contributed by atoms with Crippen LogP contribution < -0.4 is 206 Å². The Kier molecular flexibility index (Phi) is 180. The van der Waals surface area contributed by atoms with Crippen LogP contribution in [0.15, 0.2) is 0 Å². The second-order valence-corrected chi connectivity index (χ2v) is 0. The summed E-state index contributed by atoms with van der Waals surface area (Å²) in [4.78, 5) is 0.